The van der Waals surface area contributed by atoms with Gasteiger partial charge in [0.15, 0.2) is 0 Å². The van der Waals surface area contributed by atoms with E-state index in [-0.39, 0.29) is 23.0 Å². The minimum absolute atomic E-state index is 0.277. The molecule has 2 aliphatic carbocycles. The molecule has 0 radical (unpaired) electrons. The van der Waals surface area contributed by atoms with Crippen molar-refractivity contribution in [1.82, 2.24) is 0 Å². The fourth-order valence-corrected chi connectivity index (χ4v) is 4.59. The summed E-state index contributed by atoms with van der Waals surface area (Å²) in [5.41, 5.74) is -0.142. The van der Waals surface area contributed by atoms with E-state index in [2.05, 4.69) is 0 Å². The molecular weight excluding hydrogens is 332 g/mol. The van der Waals surface area contributed by atoms with Crippen molar-refractivity contribution in [3.63, 3.8) is 0 Å². The molecule has 2 aliphatic rings. The first-order chi connectivity index (χ1) is 11.7. The van der Waals surface area contributed by atoms with Crippen molar-refractivity contribution in [2.75, 3.05) is 0 Å². The summed E-state index contributed by atoms with van der Waals surface area (Å²) in [4.78, 5) is 45.4. The quantitative estimate of drug-likeness (QED) is 0.627. The summed E-state index contributed by atoms with van der Waals surface area (Å²) in [7, 11) is 0. The predicted octanol–water partition coefficient (Wildman–Crippen LogP) is 1.61. The Balaban J connectivity index is 1.98. The smallest absolute Gasteiger partial charge is 0.336 e. The van der Waals surface area contributed by atoms with Gasteiger partial charge in [0.2, 0.25) is 0 Å². The summed E-state index contributed by atoms with van der Waals surface area (Å²) in [6.45, 7) is 0. The van der Waals surface area contributed by atoms with Crippen LogP contribution in [-0.4, -0.2) is 44.3 Å². The third-order valence-electron chi connectivity index (χ3n) is 5.51. The maximum atomic E-state index is 11.6. The highest BCUT2D eigenvalue weighted by Gasteiger charge is 2.58. The van der Waals surface area contributed by atoms with Gasteiger partial charge in [-0.15, -0.1) is 0 Å². The molecule has 3 rings (SSSR count). The molecule has 0 amide bonds. The Morgan fingerprint density at radius 2 is 1.40 bits per heavy atom. The molecule has 132 valence electrons. The van der Waals surface area contributed by atoms with Gasteiger partial charge < -0.3 is 20.4 Å². The average Bonchev–Trinajstić information content (AvgIpc) is 3.12. The largest absolute Gasteiger partial charge is 0.481 e. The summed E-state index contributed by atoms with van der Waals surface area (Å²) < 4.78 is 0. The SMILES string of the molecule is O=C(O)c1ccc(C2CC3CC2C(C(=O)O)C3C(=O)O)cc1C(=O)O. The number of carbonyl (C=O) groups is 4. The lowest BCUT2D eigenvalue weighted by atomic mass is 9.71. The maximum absolute atomic E-state index is 11.6. The van der Waals surface area contributed by atoms with E-state index in [0.29, 0.717) is 18.4 Å². The van der Waals surface area contributed by atoms with Gasteiger partial charge >= 0.3 is 23.9 Å². The Morgan fingerprint density at radius 1 is 0.800 bits per heavy atom. The van der Waals surface area contributed by atoms with Crippen LogP contribution < -0.4 is 0 Å². The van der Waals surface area contributed by atoms with Gasteiger partial charge in [0.1, 0.15) is 0 Å². The first-order valence-electron chi connectivity index (χ1n) is 7.78. The zero-order chi connectivity index (χ0) is 18.5. The molecule has 0 saturated heterocycles. The van der Waals surface area contributed by atoms with Crippen molar-refractivity contribution in [2.24, 2.45) is 23.7 Å². The zero-order valence-electron chi connectivity index (χ0n) is 13.0. The van der Waals surface area contributed by atoms with Crippen LogP contribution in [0, 0.1) is 23.7 Å². The normalized spacial score (nSPS) is 30.2. The lowest BCUT2D eigenvalue weighted by Crippen LogP contribution is -2.37. The Hall–Kier alpha value is -2.90. The van der Waals surface area contributed by atoms with E-state index in [1.54, 1.807) is 0 Å². The van der Waals surface area contributed by atoms with E-state index in [1.165, 1.54) is 18.2 Å². The van der Waals surface area contributed by atoms with Gasteiger partial charge in [-0.05, 0) is 48.3 Å². The number of aliphatic carboxylic acids is 2. The van der Waals surface area contributed by atoms with E-state index in [0.717, 1.165) is 0 Å². The van der Waals surface area contributed by atoms with Gasteiger partial charge in [-0.2, -0.15) is 0 Å². The molecule has 8 heteroatoms. The van der Waals surface area contributed by atoms with Crippen LogP contribution in [0.2, 0.25) is 0 Å². The van der Waals surface area contributed by atoms with Crippen LogP contribution in [0.1, 0.15) is 45.0 Å². The van der Waals surface area contributed by atoms with E-state index in [4.69, 9.17) is 5.11 Å². The molecule has 8 nitrogen and oxygen atoms in total. The van der Waals surface area contributed by atoms with Crippen LogP contribution in [0.4, 0.5) is 0 Å². The summed E-state index contributed by atoms with van der Waals surface area (Å²) >= 11 is 0. The topological polar surface area (TPSA) is 149 Å². The summed E-state index contributed by atoms with van der Waals surface area (Å²) in [6.07, 6.45) is 0.915. The average molecular weight is 348 g/mol. The first kappa shape index (κ1) is 16.9. The second kappa shape index (κ2) is 5.87. The van der Waals surface area contributed by atoms with Crippen molar-refractivity contribution in [2.45, 2.75) is 18.8 Å². The van der Waals surface area contributed by atoms with Gasteiger partial charge in [-0.25, -0.2) is 9.59 Å². The monoisotopic (exact) mass is 348 g/mol. The van der Waals surface area contributed by atoms with Crippen LogP contribution in [0.15, 0.2) is 18.2 Å². The zero-order valence-corrected chi connectivity index (χ0v) is 13.0. The third-order valence-corrected chi connectivity index (χ3v) is 5.51. The van der Waals surface area contributed by atoms with Crippen LogP contribution in [0.3, 0.4) is 0 Å². The molecule has 1 aromatic carbocycles. The molecule has 2 fully saturated rings. The predicted molar refractivity (Wildman–Crippen MR) is 81.6 cm³/mol. The van der Waals surface area contributed by atoms with E-state index in [9.17, 15) is 34.5 Å². The lowest BCUT2D eigenvalue weighted by molar-refractivity contribution is -0.156. The Morgan fingerprint density at radius 3 is 1.92 bits per heavy atom. The molecule has 0 aromatic heterocycles. The molecule has 2 bridgehead atoms. The maximum Gasteiger partial charge on any atom is 0.336 e. The third kappa shape index (κ3) is 2.63. The summed E-state index contributed by atoms with van der Waals surface area (Å²) in [6, 6.07) is 3.97. The Labute approximate surface area is 141 Å². The number of rotatable bonds is 5. The van der Waals surface area contributed by atoms with Gasteiger partial charge in [0, 0.05) is 0 Å². The van der Waals surface area contributed by atoms with E-state index in [1.807, 2.05) is 0 Å². The van der Waals surface area contributed by atoms with Crippen molar-refractivity contribution >= 4 is 23.9 Å². The number of fused-ring (bicyclic) bond motifs is 2. The summed E-state index contributed by atoms with van der Waals surface area (Å²) in [5.74, 6) is -7.93. The van der Waals surface area contributed by atoms with Gasteiger partial charge in [0.05, 0.1) is 23.0 Å². The number of carboxylic acids is 4. The number of hydrogen-bond acceptors (Lipinski definition) is 4. The molecule has 0 aliphatic heterocycles. The molecule has 0 spiro atoms. The molecule has 5 atom stereocenters. The molecule has 2 saturated carbocycles. The highest BCUT2D eigenvalue weighted by Crippen LogP contribution is 2.59. The highest BCUT2D eigenvalue weighted by atomic mass is 16.4. The number of carboxylic acid groups (broad SMARTS) is 4. The van der Waals surface area contributed by atoms with Gasteiger partial charge in [-0.1, -0.05) is 6.07 Å². The molecule has 0 heterocycles. The minimum atomic E-state index is -1.37. The van der Waals surface area contributed by atoms with Gasteiger partial charge in [-0.3, -0.25) is 9.59 Å². The van der Waals surface area contributed by atoms with E-state index >= 15 is 0 Å². The van der Waals surface area contributed by atoms with Crippen LogP contribution in [0.5, 0.6) is 0 Å². The molecule has 5 unspecified atom stereocenters. The molecule has 1 aromatic rings. The number of benzene rings is 1. The van der Waals surface area contributed by atoms with Gasteiger partial charge in [0.25, 0.3) is 0 Å². The van der Waals surface area contributed by atoms with Crippen LogP contribution >= 0.6 is 0 Å². The fraction of sp³-hybridized carbons (Fsp3) is 0.412. The Bertz CT molecular complexity index is 783. The molecular formula is C17H16O8. The first-order valence-corrected chi connectivity index (χ1v) is 7.78. The molecule has 25 heavy (non-hydrogen) atoms. The second-order valence-corrected chi connectivity index (χ2v) is 6.65. The van der Waals surface area contributed by atoms with Crippen molar-refractivity contribution < 1.29 is 39.6 Å². The highest BCUT2D eigenvalue weighted by molar-refractivity contribution is 6.01. The standard InChI is InChI=1S/C17H16O8/c18-14(19)8-2-1-6(3-11(8)15(20)21)9-4-7-5-10(9)13(17(24)25)12(7)16(22)23/h1-3,7,9-10,12-13H,4-5H2,(H,18,19)(H,20,21)(H,22,23)(H,24,25). The summed E-state index contributed by atoms with van der Waals surface area (Å²) in [5, 5.41) is 37.1. The number of aromatic carboxylic acids is 2. The fourth-order valence-electron chi connectivity index (χ4n) is 4.59. The lowest BCUT2D eigenvalue weighted by Gasteiger charge is -2.31. The Kier molecular flexibility index (Phi) is 3.98. The van der Waals surface area contributed by atoms with Crippen LogP contribution in [-0.2, 0) is 9.59 Å². The second-order valence-electron chi connectivity index (χ2n) is 6.65. The molecule has 4 N–H and O–H groups in total. The van der Waals surface area contributed by atoms with Crippen LogP contribution in [0.25, 0.3) is 0 Å². The van der Waals surface area contributed by atoms with Crippen molar-refractivity contribution in [3.8, 4) is 0 Å². The minimum Gasteiger partial charge on any atom is -0.481 e. The van der Waals surface area contributed by atoms with Crippen molar-refractivity contribution in [1.29, 1.82) is 0 Å². The van der Waals surface area contributed by atoms with Crippen molar-refractivity contribution in [3.05, 3.63) is 34.9 Å². The van der Waals surface area contributed by atoms with E-state index < -0.39 is 41.6 Å². The number of hydrogen-bond donors (Lipinski definition) is 4.